The van der Waals surface area contributed by atoms with E-state index >= 15 is 0 Å². The molecule has 1 atom stereocenters. The van der Waals surface area contributed by atoms with Gasteiger partial charge in [0.05, 0.1) is 22.7 Å². The van der Waals surface area contributed by atoms with Crippen molar-refractivity contribution in [2.75, 3.05) is 12.4 Å². The van der Waals surface area contributed by atoms with Crippen LogP contribution in [0.1, 0.15) is 21.5 Å². The standard InChI is InChI=1S/C24H23N3O2S2/c1-16-26-21(15-30-16)22-12-11-20(31-22)14-25-23(17-7-4-3-5-8-17)24(28)27-18-9-6-10-19(13-18)29-2/h3-13,15,23,25H,14H2,1-2H3,(H,27,28)/t23-/m1/s1. The Kier molecular flexibility index (Phi) is 6.76. The molecule has 2 aromatic heterocycles. The molecule has 5 nitrogen and oxygen atoms in total. The topological polar surface area (TPSA) is 63.2 Å². The first-order valence-electron chi connectivity index (χ1n) is 9.87. The van der Waals surface area contributed by atoms with E-state index < -0.39 is 6.04 Å². The fourth-order valence-corrected chi connectivity index (χ4v) is 4.82. The van der Waals surface area contributed by atoms with Crippen molar-refractivity contribution in [3.8, 4) is 16.3 Å². The van der Waals surface area contributed by atoms with Crippen LogP contribution in [-0.2, 0) is 11.3 Å². The fraction of sp³-hybridized carbons (Fsp3) is 0.167. The number of benzene rings is 2. The van der Waals surface area contributed by atoms with Crippen molar-refractivity contribution in [3.05, 3.63) is 87.6 Å². The van der Waals surface area contributed by atoms with Crippen molar-refractivity contribution in [1.29, 1.82) is 0 Å². The molecule has 0 radical (unpaired) electrons. The van der Waals surface area contributed by atoms with Crippen LogP contribution in [0, 0.1) is 6.92 Å². The molecule has 0 spiro atoms. The molecule has 0 bridgehead atoms. The summed E-state index contributed by atoms with van der Waals surface area (Å²) in [5.74, 6) is 0.580. The number of methoxy groups -OCH3 is 1. The maximum absolute atomic E-state index is 13.1. The average molecular weight is 450 g/mol. The molecule has 2 N–H and O–H groups in total. The molecule has 1 amide bonds. The molecule has 4 aromatic rings. The maximum atomic E-state index is 13.1. The van der Waals surface area contributed by atoms with Crippen LogP contribution in [0.4, 0.5) is 5.69 Å². The molecular weight excluding hydrogens is 426 g/mol. The van der Waals surface area contributed by atoms with Gasteiger partial charge < -0.3 is 10.1 Å². The summed E-state index contributed by atoms with van der Waals surface area (Å²) in [6.07, 6.45) is 0. The van der Waals surface area contributed by atoms with Crippen LogP contribution < -0.4 is 15.4 Å². The lowest BCUT2D eigenvalue weighted by Gasteiger charge is -2.19. The summed E-state index contributed by atoms with van der Waals surface area (Å²) in [6.45, 7) is 2.59. The molecule has 4 rings (SSSR count). The Hall–Kier alpha value is -3.00. The van der Waals surface area contributed by atoms with E-state index in [4.69, 9.17) is 4.74 Å². The number of amides is 1. The number of rotatable bonds is 8. The zero-order valence-electron chi connectivity index (χ0n) is 17.3. The second kappa shape index (κ2) is 9.87. The number of carbonyl (C=O) groups is 1. The predicted molar refractivity (Wildman–Crippen MR) is 128 cm³/mol. The molecule has 0 fully saturated rings. The summed E-state index contributed by atoms with van der Waals surface area (Å²) in [6, 6.07) is 20.8. The second-order valence-corrected chi connectivity index (χ2v) is 9.19. The van der Waals surface area contributed by atoms with Gasteiger partial charge in [-0.15, -0.1) is 22.7 Å². The van der Waals surface area contributed by atoms with Gasteiger partial charge in [0.1, 0.15) is 11.8 Å². The third-order valence-electron chi connectivity index (χ3n) is 4.75. The third-order valence-corrected chi connectivity index (χ3v) is 6.63. The number of nitrogens with one attached hydrogen (secondary N) is 2. The van der Waals surface area contributed by atoms with Crippen molar-refractivity contribution < 1.29 is 9.53 Å². The van der Waals surface area contributed by atoms with Gasteiger partial charge in [0, 0.05) is 28.6 Å². The quantitative estimate of drug-likeness (QED) is 0.364. The molecule has 0 saturated carbocycles. The van der Waals surface area contributed by atoms with E-state index in [1.54, 1.807) is 35.8 Å². The van der Waals surface area contributed by atoms with Gasteiger partial charge in [0.25, 0.3) is 0 Å². The van der Waals surface area contributed by atoms with Crippen molar-refractivity contribution >= 4 is 34.3 Å². The van der Waals surface area contributed by atoms with Crippen molar-refractivity contribution in [2.45, 2.75) is 19.5 Å². The smallest absolute Gasteiger partial charge is 0.246 e. The summed E-state index contributed by atoms with van der Waals surface area (Å²) < 4.78 is 5.26. The Labute approximate surface area is 189 Å². The lowest BCUT2D eigenvalue weighted by molar-refractivity contribution is -0.118. The van der Waals surface area contributed by atoms with Crippen LogP contribution in [-0.4, -0.2) is 18.0 Å². The number of carbonyl (C=O) groups excluding carboxylic acids is 1. The number of ether oxygens (including phenoxy) is 1. The maximum Gasteiger partial charge on any atom is 0.246 e. The minimum Gasteiger partial charge on any atom is -0.497 e. The number of anilines is 1. The highest BCUT2D eigenvalue weighted by atomic mass is 32.1. The van der Waals surface area contributed by atoms with E-state index in [2.05, 4.69) is 33.1 Å². The van der Waals surface area contributed by atoms with E-state index in [0.29, 0.717) is 18.0 Å². The zero-order valence-corrected chi connectivity index (χ0v) is 18.9. The molecule has 158 valence electrons. The second-order valence-electron chi connectivity index (χ2n) is 6.96. The van der Waals surface area contributed by atoms with Gasteiger partial charge in [-0.3, -0.25) is 10.1 Å². The lowest BCUT2D eigenvalue weighted by atomic mass is 10.1. The molecule has 7 heteroatoms. The molecule has 2 heterocycles. The first-order valence-corrected chi connectivity index (χ1v) is 11.6. The molecule has 0 unspecified atom stereocenters. The van der Waals surface area contributed by atoms with Crippen molar-refractivity contribution in [3.63, 3.8) is 0 Å². The lowest BCUT2D eigenvalue weighted by Crippen LogP contribution is -2.32. The number of hydrogen-bond acceptors (Lipinski definition) is 6. The summed E-state index contributed by atoms with van der Waals surface area (Å²) >= 11 is 3.34. The van der Waals surface area contributed by atoms with Crippen LogP contribution in [0.25, 0.3) is 10.6 Å². The van der Waals surface area contributed by atoms with Crippen LogP contribution >= 0.6 is 22.7 Å². The third kappa shape index (κ3) is 5.38. The first-order chi connectivity index (χ1) is 15.1. The van der Waals surface area contributed by atoms with Gasteiger partial charge in [-0.2, -0.15) is 0 Å². The summed E-state index contributed by atoms with van der Waals surface area (Å²) in [5.41, 5.74) is 2.62. The monoisotopic (exact) mass is 449 g/mol. The van der Waals surface area contributed by atoms with Crippen LogP contribution in [0.15, 0.2) is 72.1 Å². The number of aromatic nitrogens is 1. The van der Waals surface area contributed by atoms with E-state index in [0.717, 1.165) is 26.0 Å². The highest BCUT2D eigenvalue weighted by Crippen LogP contribution is 2.29. The molecule has 0 aliphatic carbocycles. The summed E-state index contributed by atoms with van der Waals surface area (Å²) in [4.78, 5) is 20.0. The van der Waals surface area contributed by atoms with Gasteiger partial charge in [-0.05, 0) is 36.8 Å². The molecule has 0 aliphatic heterocycles. The minimum absolute atomic E-state index is 0.119. The molecular formula is C24H23N3O2S2. The van der Waals surface area contributed by atoms with E-state index in [9.17, 15) is 4.79 Å². The first kappa shape index (κ1) is 21.2. The van der Waals surface area contributed by atoms with E-state index in [-0.39, 0.29) is 5.91 Å². The Morgan fingerprint density at radius 3 is 2.68 bits per heavy atom. The molecule has 31 heavy (non-hydrogen) atoms. The number of nitrogens with zero attached hydrogens (tertiary/aromatic N) is 1. The summed E-state index contributed by atoms with van der Waals surface area (Å²) in [7, 11) is 1.61. The Morgan fingerprint density at radius 2 is 1.94 bits per heavy atom. The Bertz CT molecular complexity index is 1150. The van der Waals surface area contributed by atoms with Crippen molar-refractivity contribution in [1.82, 2.24) is 10.3 Å². The van der Waals surface area contributed by atoms with E-state index in [1.807, 2.05) is 55.5 Å². The minimum atomic E-state index is -0.487. The van der Waals surface area contributed by atoms with Crippen LogP contribution in [0.5, 0.6) is 5.75 Å². The normalized spacial score (nSPS) is 11.8. The molecule has 0 aliphatic rings. The number of thiazole rings is 1. The Balaban J connectivity index is 1.49. The highest BCUT2D eigenvalue weighted by Gasteiger charge is 2.21. The zero-order chi connectivity index (χ0) is 21.6. The molecule has 2 aromatic carbocycles. The van der Waals surface area contributed by atoms with Gasteiger partial charge in [0.15, 0.2) is 0 Å². The SMILES string of the molecule is COc1cccc(NC(=O)[C@H](NCc2ccc(-c3csc(C)n3)s2)c2ccccc2)c1. The fourth-order valence-electron chi connectivity index (χ4n) is 3.21. The van der Waals surface area contributed by atoms with E-state index in [1.165, 1.54) is 0 Å². The van der Waals surface area contributed by atoms with Gasteiger partial charge in [-0.1, -0.05) is 36.4 Å². The van der Waals surface area contributed by atoms with Gasteiger partial charge in [-0.25, -0.2) is 4.98 Å². The number of hydrogen-bond donors (Lipinski definition) is 2. The number of thiophene rings is 1. The largest absolute Gasteiger partial charge is 0.497 e. The highest BCUT2D eigenvalue weighted by molar-refractivity contribution is 7.16. The van der Waals surface area contributed by atoms with Crippen molar-refractivity contribution in [2.24, 2.45) is 0 Å². The Morgan fingerprint density at radius 1 is 1.10 bits per heavy atom. The van der Waals surface area contributed by atoms with Gasteiger partial charge >= 0.3 is 0 Å². The summed E-state index contributed by atoms with van der Waals surface area (Å²) in [5, 5.41) is 9.55. The van der Waals surface area contributed by atoms with Crippen LogP contribution in [0.3, 0.4) is 0 Å². The average Bonchev–Trinajstić information content (AvgIpc) is 3.44. The van der Waals surface area contributed by atoms with Crippen LogP contribution in [0.2, 0.25) is 0 Å². The van der Waals surface area contributed by atoms with Gasteiger partial charge in [0.2, 0.25) is 5.91 Å². The number of aryl methyl sites for hydroxylation is 1. The predicted octanol–water partition coefficient (Wildman–Crippen LogP) is 5.66. The molecule has 0 saturated heterocycles.